The van der Waals surface area contributed by atoms with Crippen molar-refractivity contribution in [3.05, 3.63) is 0 Å². The van der Waals surface area contributed by atoms with E-state index in [9.17, 15) is 0 Å². The fourth-order valence-electron chi connectivity index (χ4n) is 2.50. The van der Waals surface area contributed by atoms with E-state index in [4.69, 9.17) is 4.74 Å². The predicted octanol–water partition coefficient (Wildman–Crippen LogP) is 2.66. The quantitative estimate of drug-likeness (QED) is 0.709. The summed E-state index contributed by atoms with van der Waals surface area (Å²) in [7, 11) is 0. The Kier molecular flexibility index (Phi) is 7.20. The summed E-state index contributed by atoms with van der Waals surface area (Å²) in [5.74, 6) is 0. The van der Waals surface area contributed by atoms with Crippen LogP contribution in [0.5, 0.6) is 0 Å². The van der Waals surface area contributed by atoms with E-state index >= 15 is 0 Å². The van der Waals surface area contributed by atoms with Gasteiger partial charge in [0.2, 0.25) is 0 Å². The molecular weight excluding hydrogens is 224 g/mol. The van der Waals surface area contributed by atoms with Crippen LogP contribution in [0.4, 0.5) is 0 Å². The zero-order chi connectivity index (χ0) is 13.4. The summed E-state index contributed by atoms with van der Waals surface area (Å²) in [4.78, 5) is 2.61. The van der Waals surface area contributed by atoms with Crippen molar-refractivity contribution in [2.45, 2.75) is 65.0 Å². The number of nitrogens with zero attached hydrogens (tertiary/aromatic N) is 1. The second-order valence-corrected chi connectivity index (χ2v) is 6.35. The van der Waals surface area contributed by atoms with Crippen molar-refractivity contribution < 1.29 is 4.74 Å². The number of hydrogen-bond acceptors (Lipinski definition) is 3. The first-order valence-corrected chi connectivity index (χ1v) is 7.61. The monoisotopic (exact) mass is 256 g/mol. The minimum atomic E-state index is -0.00819. The van der Waals surface area contributed by atoms with Gasteiger partial charge in [-0.1, -0.05) is 13.3 Å². The van der Waals surface area contributed by atoms with Crippen LogP contribution < -0.4 is 5.32 Å². The molecule has 1 atom stereocenters. The summed E-state index contributed by atoms with van der Waals surface area (Å²) in [6.45, 7) is 14.1. The molecule has 0 bridgehead atoms. The van der Waals surface area contributed by atoms with Gasteiger partial charge in [0.25, 0.3) is 0 Å². The molecule has 0 spiro atoms. The first-order chi connectivity index (χ1) is 8.53. The molecule has 1 N–H and O–H groups in total. The van der Waals surface area contributed by atoms with Crippen LogP contribution in [0.15, 0.2) is 0 Å². The van der Waals surface area contributed by atoms with Crippen LogP contribution >= 0.6 is 0 Å². The first kappa shape index (κ1) is 15.9. The van der Waals surface area contributed by atoms with Crippen molar-refractivity contribution in [3.63, 3.8) is 0 Å². The molecule has 1 saturated heterocycles. The topological polar surface area (TPSA) is 24.5 Å². The van der Waals surface area contributed by atoms with Crippen molar-refractivity contribution in [1.82, 2.24) is 10.2 Å². The van der Waals surface area contributed by atoms with Gasteiger partial charge in [0, 0.05) is 19.1 Å². The van der Waals surface area contributed by atoms with Crippen LogP contribution in [-0.4, -0.2) is 49.3 Å². The average Bonchev–Trinajstić information content (AvgIpc) is 2.30. The lowest BCUT2D eigenvalue weighted by molar-refractivity contribution is -0.0209. The third-order valence-electron chi connectivity index (χ3n) is 3.47. The highest BCUT2D eigenvalue weighted by atomic mass is 16.5. The molecule has 3 heteroatoms. The van der Waals surface area contributed by atoms with Gasteiger partial charge in [-0.2, -0.15) is 0 Å². The van der Waals surface area contributed by atoms with Crippen LogP contribution in [0.2, 0.25) is 0 Å². The summed E-state index contributed by atoms with van der Waals surface area (Å²) < 4.78 is 5.84. The zero-order valence-electron chi connectivity index (χ0n) is 12.8. The molecule has 18 heavy (non-hydrogen) atoms. The lowest BCUT2D eigenvalue weighted by atomic mass is 10.0. The molecule has 0 aromatic rings. The van der Waals surface area contributed by atoms with E-state index < -0.39 is 0 Å². The van der Waals surface area contributed by atoms with Gasteiger partial charge in [0.1, 0.15) is 0 Å². The maximum atomic E-state index is 5.84. The molecule has 1 aliphatic heterocycles. The molecule has 1 heterocycles. The van der Waals surface area contributed by atoms with Gasteiger partial charge in [0.15, 0.2) is 0 Å². The zero-order valence-corrected chi connectivity index (χ0v) is 12.8. The summed E-state index contributed by atoms with van der Waals surface area (Å²) in [6.07, 6.45) is 5.29. The van der Waals surface area contributed by atoms with Crippen LogP contribution in [0.3, 0.4) is 0 Å². The largest absolute Gasteiger partial charge is 0.375 e. The highest BCUT2D eigenvalue weighted by Gasteiger charge is 2.22. The lowest BCUT2D eigenvalue weighted by Crippen LogP contribution is -2.47. The van der Waals surface area contributed by atoms with E-state index in [1.165, 1.54) is 32.2 Å². The molecule has 0 aliphatic carbocycles. The van der Waals surface area contributed by atoms with E-state index in [-0.39, 0.29) is 5.60 Å². The minimum Gasteiger partial charge on any atom is -0.375 e. The van der Waals surface area contributed by atoms with Crippen molar-refractivity contribution in [1.29, 1.82) is 0 Å². The number of likely N-dealkylation sites (tertiary alicyclic amines) is 1. The SMILES string of the molecule is CCCNCC1CCCCN1CCOC(C)(C)C. The van der Waals surface area contributed by atoms with E-state index in [1.54, 1.807) is 0 Å². The van der Waals surface area contributed by atoms with E-state index in [1.807, 2.05) is 0 Å². The van der Waals surface area contributed by atoms with Gasteiger partial charge in [0.05, 0.1) is 12.2 Å². The molecule has 1 unspecified atom stereocenters. The molecule has 0 amide bonds. The molecule has 1 fully saturated rings. The van der Waals surface area contributed by atoms with Gasteiger partial charge in [-0.3, -0.25) is 4.90 Å². The fraction of sp³-hybridized carbons (Fsp3) is 1.00. The van der Waals surface area contributed by atoms with Gasteiger partial charge < -0.3 is 10.1 Å². The first-order valence-electron chi connectivity index (χ1n) is 7.61. The minimum absolute atomic E-state index is 0.00819. The van der Waals surface area contributed by atoms with Crippen LogP contribution in [0, 0.1) is 0 Å². The van der Waals surface area contributed by atoms with Crippen molar-refractivity contribution >= 4 is 0 Å². The Morgan fingerprint density at radius 3 is 2.72 bits per heavy atom. The summed E-state index contributed by atoms with van der Waals surface area (Å²) in [6, 6.07) is 0.717. The molecule has 0 aromatic carbocycles. The molecule has 1 rings (SSSR count). The van der Waals surface area contributed by atoms with Crippen LogP contribution in [0.1, 0.15) is 53.4 Å². The number of hydrogen-bond donors (Lipinski definition) is 1. The Labute approximate surface area is 113 Å². The smallest absolute Gasteiger partial charge is 0.0600 e. The Morgan fingerprint density at radius 1 is 1.28 bits per heavy atom. The van der Waals surface area contributed by atoms with Gasteiger partial charge >= 0.3 is 0 Å². The number of nitrogens with one attached hydrogen (secondary N) is 1. The summed E-state index contributed by atoms with van der Waals surface area (Å²) in [5.41, 5.74) is -0.00819. The van der Waals surface area contributed by atoms with Crippen molar-refractivity contribution in [2.75, 3.05) is 32.8 Å². The third kappa shape index (κ3) is 6.72. The number of ether oxygens (including phenoxy) is 1. The Hall–Kier alpha value is -0.120. The molecular formula is C15H32N2O. The third-order valence-corrected chi connectivity index (χ3v) is 3.47. The molecule has 1 aliphatic rings. The van der Waals surface area contributed by atoms with E-state index in [0.29, 0.717) is 6.04 Å². The van der Waals surface area contributed by atoms with Crippen LogP contribution in [-0.2, 0) is 4.74 Å². The van der Waals surface area contributed by atoms with E-state index in [0.717, 1.165) is 26.2 Å². The second-order valence-electron chi connectivity index (χ2n) is 6.35. The van der Waals surface area contributed by atoms with Gasteiger partial charge in [-0.05, 0) is 53.1 Å². The maximum absolute atomic E-state index is 5.84. The fourth-order valence-corrected chi connectivity index (χ4v) is 2.50. The molecule has 0 radical (unpaired) electrons. The van der Waals surface area contributed by atoms with E-state index in [2.05, 4.69) is 37.9 Å². The Bertz CT molecular complexity index is 213. The molecule has 3 nitrogen and oxygen atoms in total. The highest BCUT2D eigenvalue weighted by Crippen LogP contribution is 2.16. The van der Waals surface area contributed by atoms with Crippen molar-refractivity contribution in [3.8, 4) is 0 Å². The summed E-state index contributed by atoms with van der Waals surface area (Å²) in [5, 5.41) is 3.56. The molecule has 0 aromatic heterocycles. The highest BCUT2D eigenvalue weighted by molar-refractivity contribution is 4.78. The summed E-state index contributed by atoms with van der Waals surface area (Å²) >= 11 is 0. The average molecular weight is 256 g/mol. The molecule has 0 saturated carbocycles. The van der Waals surface area contributed by atoms with Crippen LogP contribution in [0.25, 0.3) is 0 Å². The number of piperidine rings is 1. The standard InChI is InChI=1S/C15H32N2O/c1-5-9-16-13-14-8-6-7-10-17(14)11-12-18-15(2,3)4/h14,16H,5-13H2,1-4H3. The van der Waals surface area contributed by atoms with Gasteiger partial charge in [-0.15, -0.1) is 0 Å². The van der Waals surface area contributed by atoms with Gasteiger partial charge in [-0.25, -0.2) is 0 Å². The molecule has 108 valence electrons. The maximum Gasteiger partial charge on any atom is 0.0600 e. The lowest BCUT2D eigenvalue weighted by Gasteiger charge is -2.36. The Balaban J connectivity index is 2.26. The van der Waals surface area contributed by atoms with Crippen molar-refractivity contribution in [2.24, 2.45) is 0 Å². The predicted molar refractivity (Wildman–Crippen MR) is 78.1 cm³/mol. The number of rotatable bonds is 7. The Morgan fingerprint density at radius 2 is 2.06 bits per heavy atom. The second kappa shape index (κ2) is 8.13. The normalized spacial score (nSPS) is 22.3.